The largest absolute Gasteiger partial charge is 0.440 e. The smallest absolute Gasteiger partial charge is 0.255 e. The summed E-state index contributed by atoms with van der Waals surface area (Å²) in [4.78, 5) is 29.3. The second-order valence-electron chi connectivity index (χ2n) is 7.85. The van der Waals surface area contributed by atoms with Crippen molar-refractivity contribution in [3.63, 3.8) is 0 Å². The minimum atomic E-state index is -0.235. The average Bonchev–Trinajstić information content (AvgIpc) is 3.60. The highest BCUT2D eigenvalue weighted by molar-refractivity contribution is 6.06. The number of hydrogen-bond donors (Lipinski definition) is 2. The number of rotatable bonds is 5. The zero-order valence-electron chi connectivity index (χ0n) is 15.6. The van der Waals surface area contributed by atoms with Crippen LogP contribution in [0.2, 0.25) is 0 Å². The van der Waals surface area contributed by atoms with E-state index in [1.54, 1.807) is 24.3 Å². The first-order chi connectivity index (χ1) is 13.6. The third-order valence-corrected chi connectivity index (χ3v) is 5.43. The summed E-state index contributed by atoms with van der Waals surface area (Å²) in [6.07, 6.45) is 3.19. The van der Waals surface area contributed by atoms with Gasteiger partial charge < -0.3 is 15.1 Å². The highest BCUT2D eigenvalue weighted by Crippen LogP contribution is 2.41. The van der Waals surface area contributed by atoms with E-state index in [0.717, 1.165) is 36.3 Å². The fourth-order valence-corrected chi connectivity index (χ4v) is 3.39. The molecule has 0 unspecified atom stereocenters. The van der Waals surface area contributed by atoms with Crippen LogP contribution >= 0.6 is 0 Å². The molecule has 0 spiro atoms. The van der Waals surface area contributed by atoms with Gasteiger partial charge in [-0.3, -0.25) is 9.59 Å². The lowest BCUT2D eigenvalue weighted by Crippen LogP contribution is -2.16. The highest BCUT2D eigenvalue weighted by Gasteiger charge is 2.39. The molecule has 2 aliphatic rings. The number of carbonyl (C=O) groups excluding carboxylic acids is 2. The summed E-state index contributed by atoms with van der Waals surface area (Å²) < 4.78 is 5.76. The van der Waals surface area contributed by atoms with Gasteiger partial charge in [0.15, 0.2) is 11.5 Å². The van der Waals surface area contributed by atoms with Crippen LogP contribution in [0.5, 0.6) is 0 Å². The standard InChI is InChI=1S/C22H21N3O3/c1-12-9-17(12)21(27)24-15-4-2-3-14(10-15)20(26)23-16-7-8-19-18(11-16)25-22(28-19)13-5-6-13/h2-4,7-8,10-13,17H,5-6,9H2,1H3,(H,23,26)(H,24,27)/t12-,17+/m0/s1. The van der Waals surface area contributed by atoms with Crippen LogP contribution in [0.25, 0.3) is 11.1 Å². The fourth-order valence-electron chi connectivity index (χ4n) is 3.39. The lowest BCUT2D eigenvalue weighted by Gasteiger charge is -2.08. The van der Waals surface area contributed by atoms with Crippen molar-refractivity contribution in [2.24, 2.45) is 11.8 Å². The number of fused-ring (bicyclic) bond motifs is 1. The van der Waals surface area contributed by atoms with Crippen molar-refractivity contribution in [2.75, 3.05) is 10.6 Å². The van der Waals surface area contributed by atoms with Gasteiger partial charge in [0.25, 0.3) is 5.91 Å². The predicted molar refractivity (Wildman–Crippen MR) is 106 cm³/mol. The van der Waals surface area contributed by atoms with Crippen molar-refractivity contribution in [1.29, 1.82) is 0 Å². The summed E-state index contributed by atoms with van der Waals surface area (Å²) in [5, 5.41) is 5.79. The van der Waals surface area contributed by atoms with E-state index in [9.17, 15) is 9.59 Å². The van der Waals surface area contributed by atoms with Gasteiger partial charge in [-0.2, -0.15) is 0 Å². The van der Waals surface area contributed by atoms with Crippen molar-refractivity contribution < 1.29 is 14.0 Å². The lowest BCUT2D eigenvalue weighted by atomic mass is 10.1. The maximum Gasteiger partial charge on any atom is 0.255 e. The summed E-state index contributed by atoms with van der Waals surface area (Å²) in [6.45, 7) is 2.06. The molecule has 1 aromatic heterocycles. The Hall–Kier alpha value is -3.15. The number of amides is 2. The lowest BCUT2D eigenvalue weighted by molar-refractivity contribution is -0.117. The van der Waals surface area contributed by atoms with E-state index >= 15 is 0 Å². The molecule has 2 saturated carbocycles. The van der Waals surface area contributed by atoms with E-state index in [0.29, 0.717) is 28.8 Å². The van der Waals surface area contributed by atoms with E-state index < -0.39 is 0 Å². The molecule has 0 aliphatic heterocycles. The maximum absolute atomic E-state index is 12.6. The molecule has 2 atom stereocenters. The summed E-state index contributed by atoms with van der Waals surface area (Å²) in [5.41, 5.74) is 3.27. The van der Waals surface area contributed by atoms with Crippen LogP contribution in [0, 0.1) is 11.8 Å². The van der Waals surface area contributed by atoms with Gasteiger partial charge in [-0.15, -0.1) is 0 Å². The van der Waals surface area contributed by atoms with E-state index in [1.165, 1.54) is 0 Å². The Bertz CT molecular complexity index is 1080. The monoisotopic (exact) mass is 375 g/mol. The number of carbonyl (C=O) groups is 2. The van der Waals surface area contributed by atoms with E-state index in [2.05, 4.69) is 22.5 Å². The van der Waals surface area contributed by atoms with Crippen molar-refractivity contribution in [1.82, 2.24) is 4.98 Å². The molecular formula is C22H21N3O3. The molecular weight excluding hydrogens is 354 g/mol. The van der Waals surface area contributed by atoms with Crippen LogP contribution in [0.1, 0.15) is 48.4 Å². The Morgan fingerprint density at radius 3 is 2.61 bits per heavy atom. The van der Waals surface area contributed by atoms with Gasteiger partial charge in [0.1, 0.15) is 5.52 Å². The zero-order valence-corrected chi connectivity index (χ0v) is 15.6. The first-order valence-corrected chi connectivity index (χ1v) is 9.69. The molecule has 28 heavy (non-hydrogen) atoms. The molecule has 0 radical (unpaired) electrons. The van der Waals surface area contributed by atoms with Crippen LogP contribution in [0.3, 0.4) is 0 Å². The minimum absolute atomic E-state index is 0.0213. The van der Waals surface area contributed by atoms with Crippen molar-refractivity contribution in [3.05, 3.63) is 53.9 Å². The quantitative estimate of drug-likeness (QED) is 0.685. The number of nitrogens with zero attached hydrogens (tertiary/aromatic N) is 1. The minimum Gasteiger partial charge on any atom is -0.440 e. The fraction of sp³-hybridized carbons (Fsp3) is 0.318. The van der Waals surface area contributed by atoms with Gasteiger partial charge in [-0.1, -0.05) is 13.0 Å². The number of oxazole rings is 1. The molecule has 2 aliphatic carbocycles. The van der Waals surface area contributed by atoms with Crippen LogP contribution in [0.15, 0.2) is 46.9 Å². The summed E-state index contributed by atoms with van der Waals surface area (Å²) in [7, 11) is 0. The molecule has 142 valence electrons. The molecule has 2 amide bonds. The third-order valence-electron chi connectivity index (χ3n) is 5.43. The Kier molecular flexibility index (Phi) is 3.93. The van der Waals surface area contributed by atoms with Crippen LogP contribution in [-0.4, -0.2) is 16.8 Å². The van der Waals surface area contributed by atoms with Crippen molar-refractivity contribution >= 4 is 34.3 Å². The molecule has 5 rings (SSSR count). The van der Waals surface area contributed by atoms with Gasteiger partial charge in [0.2, 0.25) is 5.91 Å². The molecule has 0 saturated heterocycles. The van der Waals surface area contributed by atoms with Crippen molar-refractivity contribution in [2.45, 2.75) is 32.1 Å². The normalized spacial score (nSPS) is 20.8. The van der Waals surface area contributed by atoms with Gasteiger partial charge in [0.05, 0.1) is 0 Å². The molecule has 2 fully saturated rings. The molecule has 3 aromatic rings. The Morgan fingerprint density at radius 1 is 1.07 bits per heavy atom. The van der Waals surface area contributed by atoms with E-state index in [1.807, 2.05) is 18.2 Å². The Labute approximate surface area is 162 Å². The molecule has 6 nitrogen and oxygen atoms in total. The van der Waals surface area contributed by atoms with Gasteiger partial charge in [0, 0.05) is 28.8 Å². The molecule has 2 aromatic carbocycles. The van der Waals surface area contributed by atoms with E-state index in [4.69, 9.17) is 4.42 Å². The Balaban J connectivity index is 1.30. The molecule has 0 bridgehead atoms. The second-order valence-corrected chi connectivity index (χ2v) is 7.85. The average molecular weight is 375 g/mol. The second kappa shape index (κ2) is 6.48. The van der Waals surface area contributed by atoms with Crippen LogP contribution in [-0.2, 0) is 4.79 Å². The molecule has 2 N–H and O–H groups in total. The summed E-state index contributed by atoms with van der Waals surface area (Å²) in [5.74, 6) is 1.55. The summed E-state index contributed by atoms with van der Waals surface area (Å²) >= 11 is 0. The van der Waals surface area contributed by atoms with Gasteiger partial charge in [-0.05, 0) is 61.6 Å². The maximum atomic E-state index is 12.6. The van der Waals surface area contributed by atoms with Crippen LogP contribution < -0.4 is 10.6 Å². The number of anilines is 2. The van der Waals surface area contributed by atoms with Crippen molar-refractivity contribution in [3.8, 4) is 0 Å². The molecule has 6 heteroatoms. The first-order valence-electron chi connectivity index (χ1n) is 9.69. The predicted octanol–water partition coefficient (Wildman–Crippen LogP) is 4.55. The zero-order chi connectivity index (χ0) is 19.3. The summed E-state index contributed by atoms with van der Waals surface area (Å²) in [6, 6.07) is 12.4. The number of aromatic nitrogens is 1. The topological polar surface area (TPSA) is 84.2 Å². The number of hydrogen-bond acceptors (Lipinski definition) is 4. The highest BCUT2D eigenvalue weighted by atomic mass is 16.3. The number of benzene rings is 2. The van der Waals surface area contributed by atoms with Gasteiger partial charge in [-0.25, -0.2) is 4.98 Å². The molecule has 1 heterocycles. The third kappa shape index (κ3) is 3.38. The first kappa shape index (κ1) is 17.0. The van der Waals surface area contributed by atoms with Crippen LogP contribution in [0.4, 0.5) is 11.4 Å². The SMILES string of the molecule is C[C@H]1C[C@H]1C(=O)Nc1cccc(C(=O)Nc2ccc3oc(C4CC4)nc3c2)c1. The van der Waals surface area contributed by atoms with Gasteiger partial charge >= 0.3 is 0 Å². The van der Waals surface area contributed by atoms with E-state index in [-0.39, 0.29) is 17.7 Å². The Morgan fingerprint density at radius 2 is 1.86 bits per heavy atom. The number of nitrogens with one attached hydrogen (secondary N) is 2.